The van der Waals surface area contributed by atoms with Crippen LogP contribution in [0.5, 0.6) is 0 Å². The molecule has 2 atom stereocenters. The van der Waals surface area contributed by atoms with Gasteiger partial charge >= 0.3 is 0 Å². The number of nitrogens with zero attached hydrogens (tertiary/aromatic N) is 2. The highest BCUT2D eigenvalue weighted by molar-refractivity contribution is 5.55. The predicted octanol–water partition coefficient (Wildman–Crippen LogP) is 2.38. The summed E-state index contributed by atoms with van der Waals surface area (Å²) in [6.07, 6.45) is 3.86. The summed E-state index contributed by atoms with van der Waals surface area (Å²) < 4.78 is 13.3. The van der Waals surface area contributed by atoms with Crippen LogP contribution in [-0.2, 0) is 6.61 Å². The molecule has 2 aliphatic heterocycles. The molecule has 0 amide bonds. The molecule has 0 aromatic heterocycles. The van der Waals surface area contributed by atoms with Crippen LogP contribution in [0.15, 0.2) is 18.2 Å². The van der Waals surface area contributed by atoms with Crippen LogP contribution in [0.25, 0.3) is 0 Å². The molecule has 2 aliphatic rings. The molecule has 2 saturated heterocycles. The van der Waals surface area contributed by atoms with Crippen molar-refractivity contribution in [3.05, 3.63) is 29.6 Å². The van der Waals surface area contributed by atoms with E-state index in [1.165, 1.54) is 37.9 Å². The van der Waals surface area contributed by atoms with Crippen LogP contribution in [0.3, 0.4) is 0 Å². The first-order valence-corrected chi connectivity index (χ1v) is 7.59. The van der Waals surface area contributed by atoms with E-state index < -0.39 is 0 Å². The first kappa shape index (κ1) is 13.8. The van der Waals surface area contributed by atoms with Crippen molar-refractivity contribution >= 4 is 5.69 Å². The lowest BCUT2D eigenvalue weighted by molar-refractivity contribution is 0.115. The Kier molecular flexibility index (Phi) is 3.94. The summed E-state index contributed by atoms with van der Waals surface area (Å²) in [6, 6.07) is 5.77. The third-order valence-electron chi connectivity index (χ3n) is 4.71. The van der Waals surface area contributed by atoms with Crippen molar-refractivity contribution in [1.82, 2.24) is 4.90 Å². The number of aliphatic hydroxyl groups excluding tert-OH is 1. The molecule has 1 aromatic rings. The zero-order chi connectivity index (χ0) is 14.1. The first-order valence-electron chi connectivity index (χ1n) is 7.59. The summed E-state index contributed by atoms with van der Waals surface area (Å²) in [5.41, 5.74) is 1.69. The maximum atomic E-state index is 13.3. The van der Waals surface area contributed by atoms with E-state index in [2.05, 4.69) is 16.7 Å². The normalized spacial score (nSPS) is 27.4. The van der Waals surface area contributed by atoms with Crippen molar-refractivity contribution in [2.75, 3.05) is 24.5 Å². The maximum Gasteiger partial charge on any atom is 0.123 e. The number of piperazine rings is 1. The highest BCUT2D eigenvalue weighted by Crippen LogP contribution is 2.30. The standard InChI is InChI=1S/C16H23FN2O/c1-12-9-18-7-3-2-4-15(18)10-19(12)16-6-5-14(17)8-13(16)11-20/h5-6,8,12,15,20H,2-4,7,9-11H2,1H3. The molecule has 1 aromatic carbocycles. The number of rotatable bonds is 2. The topological polar surface area (TPSA) is 26.7 Å². The Morgan fingerprint density at radius 1 is 1.30 bits per heavy atom. The maximum absolute atomic E-state index is 13.3. The number of piperidine rings is 1. The molecule has 0 spiro atoms. The summed E-state index contributed by atoms with van der Waals surface area (Å²) in [6.45, 7) is 5.37. The van der Waals surface area contributed by atoms with Crippen molar-refractivity contribution < 1.29 is 9.50 Å². The fourth-order valence-electron chi connectivity index (χ4n) is 3.65. The molecule has 0 bridgehead atoms. The van der Waals surface area contributed by atoms with Crippen LogP contribution in [0.4, 0.5) is 10.1 Å². The van der Waals surface area contributed by atoms with E-state index in [0.717, 1.165) is 18.8 Å². The number of hydrogen-bond acceptors (Lipinski definition) is 3. The van der Waals surface area contributed by atoms with Gasteiger partial charge in [-0.2, -0.15) is 0 Å². The second-order valence-corrected chi connectivity index (χ2v) is 6.08. The van der Waals surface area contributed by atoms with Crippen LogP contribution < -0.4 is 4.90 Å². The molecule has 2 heterocycles. The Balaban J connectivity index is 1.85. The summed E-state index contributed by atoms with van der Waals surface area (Å²) in [7, 11) is 0. The van der Waals surface area contributed by atoms with E-state index in [1.54, 1.807) is 0 Å². The fourth-order valence-corrected chi connectivity index (χ4v) is 3.65. The van der Waals surface area contributed by atoms with Gasteiger partial charge in [-0.3, -0.25) is 4.90 Å². The van der Waals surface area contributed by atoms with Crippen LogP contribution in [0.1, 0.15) is 31.7 Å². The molecular weight excluding hydrogens is 255 g/mol. The molecule has 0 saturated carbocycles. The lowest BCUT2D eigenvalue weighted by Gasteiger charge is -2.48. The van der Waals surface area contributed by atoms with Gasteiger partial charge in [0.1, 0.15) is 5.82 Å². The minimum Gasteiger partial charge on any atom is -0.392 e. The van der Waals surface area contributed by atoms with Crippen LogP contribution >= 0.6 is 0 Å². The van der Waals surface area contributed by atoms with Gasteiger partial charge in [0.05, 0.1) is 6.61 Å². The zero-order valence-electron chi connectivity index (χ0n) is 12.1. The molecule has 4 heteroatoms. The Morgan fingerprint density at radius 2 is 2.15 bits per heavy atom. The first-order chi connectivity index (χ1) is 9.69. The second-order valence-electron chi connectivity index (χ2n) is 6.08. The van der Waals surface area contributed by atoms with Gasteiger partial charge in [-0.05, 0) is 44.5 Å². The monoisotopic (exact) mass is 278 g/mol. The lowest BCUT2D eigenvalue weighted by atomic mass is 9.96. The van der Waals surface area contributed by atoms with Gasteiger partial charge in [0, 0.05) is 36.4 Å². The van der Waals surface area contributed by atoms with Crippen molar-refractivity contribution in [2.45, 2.75) is 44.9 Å². The Bertz CT molecular complexity index is 480. The van der Waals surface area contributed by atoms with Crippen LogP contribution in [-0.4, -0.2) is 41.7 Å². The van der Waals surface area contributed by atoms with Crippen molar-refractivity contribution in [2.24, 2.45) is 0 Å². The highest BCUT2D eigenvalue weighted by Gasteiger charge is 2.33. The van der Waals surface area contributed by atoms with Crippen LogP contribution in [0.2, 0.25) is 0 Å². The number of hydrogen-bond donors (Lipinski definition) is 1. The molecular formula is C16H23FN2O. The smallest absolute Gasteiger partial charge is 0.123 e. The molecule has 0 aliphatic carbocycles. The Morgan fingerprint density at radius 3 is 2.95 bits per heavy atom. The zero-order valence-corrected chi connectivity index (χ0v) is 12.1. The molecule has 20 heavy (non-hydrogen) atoms. The van der Waals surface area contributed by atoms with Gasteiger partial charge in [-0.25, -0.2) is 4.39 Å². The molecule has 3 nitrogen and oxygen atoms in total. The van der Waals surface area contributed by atoms with Crippen LogP contribution in [0, 0.1) is 5.82 Å². The third kappa shape index (κ3) is 2.54. The summed E-state index contributed by atoms with van der Waals surface area (Å²) >= 11 is 0. The second kappa shape index (κ2) is 5.70. The minimum atomic E-state index is -0.276. The van der Waals surface area contributed by atoms with E-state index in [-0.39, 0.29) is 12.4 Å². The number of anilines is 1. The van der Waals surface area contributed by atoms with E-state index in [0.29, 0.717) is 17.6 Å². The average molecular weight is 278 g/mol. The van der Waals surface area contributed by atoms with Crippen molar-refractivity contribution in [3.8, 4) is 0 Å². The molecule has 2 unspecified atom stereocenters. The SMILES string of the molecule is CC1CN2CCCCC2CN1c1ccc(F)cc1CO. The van der Waals surface area contributed by atoms with Gasteiger partial charge in [0.25, 0.3) is 0 Å². The van der Waals surface area contributed by atoms with Crippen molar-refractivity contribution in [1.29, 1.82) is 0 Å². The van der Waals surface area contributed by atoms with E-state index in [4.69, 9.17) is 0 Å². The van der Waals surface area contributed by atoms with Gasteiger partial charge < -0.3 is 10.0 Å². The van der Waals surface area contributed by atoms with Gasteiger partial charge in [0.2, 0.25) is 0 Å². The molecule has 1 N–H and O–H groups in total. The molecule has 110 valence electrons. The Labute approximate surface area is 120 Å². The van der Waals surface area contributed by atoms with E-state index in [9.17, 15) is 9.50 Å². The quantitative estimate of drug-likeness (QED) is 0.900. The van der Waals surface area contributed by atoms with Gasteiger partial charge in [0.15, 0.2) is 0 Å². The average Bonchev–Trinajstić information content (AvgIpc) is 2.46. The lowest BCUT2D eigenvalue weighted by Crippen LogP contribution is -2.59. The molecule has 0 radical (unpaired) electrons. The van der Waals surface area contributed by atoms with E-state index >= 15 is 0 Å². The van der Waals surface area contributed by atoms with E-state index in [1.807, 2.05) is 6.07 Å². The number of halogens is 1. The largest absolute Gasteiger partial charge is 0.392 e. The number of aliphatic hydroxyl groups is 1. The summed E-state index contributed by atoms with van der Waals surface area (Å²) in [5.74, 6) is -0.276. The number of fused-ring (bicyclic) bond motifs is 1. The van der Waals surface area contributed by atoms with Gasteiger partial charge in [-0.15, -0.1) is 0 Å². The van der Waals surface area contributed by atoms with Crippen molar-refractivity contribution in [3.63, 3.8) is 0 Å². The molecule has 2 fully saturated rings. The number of benzene rings is 1. The minimum absolute atomic E-state index is 0.106. The van der Waals surface area contributed by atoms with Gasteiger partial charge in [-0.1, -0.05) is 6.42 Å². The highest BCUT2D eigenvalue weighted by atomic mass is 19.1. The third-order valence-corrected chi connectivity index (χ3v) is 4.71. The fraction of sp³-hybridized carbons (Fsp3) is 0.625. The summed E-state index contributed by atoms with van der Waals surface area (Å²) in [4.78, 5) is 4.93. The predicted molar refractivity (Wildman–Crippen MR) is 78.3 cm³/mol. The summed E-state index contributed by atoms with van der Waals surface area (Å²) in [5, 5.41) is 9.49. The Hall–Kier alpha value is -1.13. The molecule has 3 rings (SSSR count).